The van der Waals surface area contributed by atoms with Crippen LogP contribution in [0.25, 0.3) is 0 Å². The second-order valence-corrected chi connectivity index (χ2v) is 11.7. The molecule has 1 atom stereocenters. The van der Waals surface area contributed by atoms with Crippen molar-refractivity contribution in [3.05, 3.63) is 113 Å². The highest BCUT2D eigenvalue weighted by molar-refractivity contribution is 8.00. The maximum Gasteiger partial charge on any atom is 0.261 e. The first kappa shape index (κ1) is 25.9. The van der Waals surface area contributed by atoms with Crippen LogP contribution in [0.1, 0.15) is 27.1 Å². The molecule has 0 unspecified atom stereocenters. The van der Waals surface area contributed by atoms with Gasteiger partial charge >= 0.3 is 0 Å². The van der Waals surface area contributed by atoms with Gasteiger partial charge in [0, 0.05) is 16.3 Å². The Balaban J connectivity index is 1.23. The SMILES string of the molecule is O=C(Nc1ccc(S(=O)(=O)Nc2cccc(Cl)c2)cc1)c1ccc([C@@H]2SCC(=O)N2Cc2ccco2)cc1. The zero-order chi connectivity index (χ0) is 26.7. The van der Waals surface area contributed by atoms with E-state index in [-0.39, 0.29) is 22.1 Å². The molecule has 11 heteroatoms. The number of nitrogens with zero attached hydrogens (tertiary/aromatic N) is 1. The van der Waals surface area contributed by atoms with Gasteiger partial charge in [0.15, 0.2) is 0 Å². The number of hydrogen-bond donors (Lipinski definition) is 2. The van der Waals surface area contributed by atoms with Gasteiger partial charge in [-0.2, -0.15) is 0 Å². The molecule has 2 amide bonds. The summed E-state index contributed by atoms with van der Waals surface area (Å²) < 4.78 is 33.2. The van der Waals surface area contributed by atoms with Gasteiger partial charge in [-0.1, -0.05) is 29.8 Å². The van der Waals surface area contributed by atoms with Crippen molar-refractivity contribution in [2.75, 3.05) is 15.8 Å². The fourth-order valence-corrected chi connectivity index (χ4v) is 6.39. The Hall–Kier alpha value is -3.73. The lowest BCUT2D eigenvalue weighted by Crippen LogP contribution is -2.27. The number of furan rings is 1. The molecule has 8 nitrogen and oxygen atoms in total. The zero-order valence-corrected chi connectivity index (χ0v) is 22.2. The van der Waals surface area contributed by atoms with Crippen molar-refractivity contribution in [3.8, 4) is 0 Å². The van der Waals surface area contributed by atoms with Crippen LogP contribution in [-0.4, -0.2) is 30.9 Å². The van der Waals surface area contributed by atoms with E-state index < -0.39 is 10.0 Å². The lowest BCUT2D eigenvalue weighted by molar-refractivity contribution is -0.128. The Morgan fingerprint density at radius 2 is 1.76 bits per heavy atom. The normalized spacial score (nSPS) is 15.4. The zero-order valence-electron chi connectivity index (χ0n) is 19.8. The first-order chi connectivity index (χ1) is 18.3. The number of anilines is 2. The Morgan fingerprint density at radius 1 is 1.00 bits per heavy atom. The molecular weight excluding hydrogens is 546 g/mol. The van der Waals surface area contributed by atoms with E-state index in [4.69, 9.17) is 16.0 Å². The van der Waals surface area contributed by atoms with Crippen molar-refractivity contribution < 1.29 is 22.4 Å². The van der Waals surface area contributed by atoms with Crippen molar-refractivity contribution in [1.29, 1.82) is 0 Å². The molecule has 1 saturated heterocycles. The summed E-state index contributed by atoms with van der Waals surface area (Å²) in [5.74, 6) is 0.785. The molecule has 2 N–H and O–H groups in total. The second-order valence-electron chi connectivity index (χ2n) is 8.48. The van der Waals surface area contributed by atoms with Gasteiger partial charge in [-0.15, -0.1) is 11.8 Å². The van der Waals surface area contributed by atoms with Gasteiger partial charge in [0.25, 0.3) is 15.9 Å². The van der Waals surface area contributed by atoms with Gasteiger partial charge in [0.05, 0.1) is 29.1 Å². The molecule has 0 bridgehead atoms. The predicted molar refractivity (Wildman–Crippen MR) is 148 cm³/mol. The average Bonchev–Trinajstić information content (AvgIpc) is 3.54. The van der Waals surface area contributed by atoms with Crippen molar-refractivity contribution in [2.24, 2.45) is 0 Å². The van der Waals surface area contributed by atoms with E-state index in [1.807, 2.05) is 18.2 Å². The Kier molecular flexibility index (Phi) is 7.46. The molecule has 5 rings (SSSR count). The van der Waals surface area contributed by atoms with Gasteiger partial charge in [0.2, 0.25) is 5.91 Å². The highest BCUT2D eigenvalue weighted by atomic mass is 35.5. The minimum Gasteiger partial charge on any atom is -0.467 e. The number of thioether (sulfide) groups is 1. The van der Waals surface area contributed by atoms with Crippen LogP contribution >= 0.6 is 23.4 Å². The summed E-state index contributed by atoms with van der Waals surface area (Å²) in [6.45, 7) is 0.381. The minimum atomic E-state index is -3.82. The molecule has 0 radical (unpaired) electrons. The van der Waals surface area contributed by atoms with Crippen LogP contribution in [0.5, 0.6) is 0 Å². The largest absolute Gasteiger partial charge is 0.467 e. The number of halogens is 1. The molecule has 1 aliphatic rings. The fraction of sp³-hybridized carbons (Fsp3) is 0.111. The number of rotatable bonds is 8. The summed E-state index contributed by atoms with van der Waals surface area (Å²) in [5, 5.41) is 3.02. The number of sulfonamides is 1. The molecule has 0 spiro atoms. The summed E-state index contributed by atoms with van der Waals surface area (Å²) >= 11 is 7.45. The van der Waals surface area contributed by atoms with Crippen molar-refractivity contribution in [2.45, 2.75) is 16.8 Å². The van der Waals surface area contributed by atoms with Crippen LogP contribution in [0.4, 0.5) is 11.4 Å². The number of nitrogens with one attached hydrogen (secondary N) is 2. The summed E-state index contributed by atoms with van der Waals surface area (Å²) in [7, 11) is -3.82. The first-order valence-electron chi connectivity index (χ1n) is 11.5. The number of amides is 2. The van der Waals surface area contributed by atoms with Gasteiger partial charge in [-0.3, -0.25) is 14.3 Å². The fourth-order valence-electron chi connectivity index (χ4n) is 3.96. The van der Waals surface area contributed by atoms with Gasteiger partial charge in [-0.25, -0.2) is 8.42 Å². The molecule has 0 aliphatic carbocycles. The van der Waals surface area contributed by atoms with Crippen LogP contribution < -0.4 is 10.0 Å². The summed E-state index contributed by atoms with van der Waals surface area (Å²) in [6, 6.07) is 23.0. The molecule has 0 saturated carbocycles. The highest BCUT2D eigenvalue weighted by Gasteiger charge is 2.33. The van der Waals surface area contributed by atoms with Gasteiger partial charge in [-0.05, 0) is 72.3 Å². The molecular formula is C27H22ClN3O5S2. The third-order valence-corrected chi connectivity index (χ3v) is 8.72. The number of carbonyl (C=O) groups is 2. The van der Waals surface area contributed by atoms with Crippen LogP contribution in [0.15, 0.2) is 101 Å². The van der Waals surface area contributed by atoms with Crippen LogP contribution in [0.2, 0.25) is 5.02 Å². The van der Waals surface area contributed by atoms with Crippen LogP contribution in [0.3, 0.4) is 0 Å². The Bertz CT molecular complexity index is 1560. The smallest absolute Gasteiger partial charge is 0.261 e. The lowest BCUT2D eigenvalue weighted by atomic mass is 10.1. The molecule has 3 aromatic carbocycles. The number of carbonyl (C=O) groups excluding carboxylic acids is 2. The third-order valence-electron chi connectivity index (χ3n) is 5.83. The van der Waals surface area contributed by atoms with E-state index in [9.17, 15) is 18.0 Å². The predicted octanol–water partition coefficient (Wildman–Crippen LogP) is 5.76. The van der Waals surface area contributed by atoms with Crippen LogP contribution in [0, 0.1) is 0 Å². The maximum absolute atomic E-state index is 12.8. The molecule has 194 valence electrons. The summed E-state index contributed by atoms with van der Waals surface area (Å²) in [5.41, 5.74) is 2.14. The molecule has 38 heavy (non-hydrogen) atoms. The molecule has 1 aliphatic heterocycles. The Morgan fingerprint density at radius 3 is 2.45 bits per heavy atom. The minimum absolute atomic E-state index is 0.0337. The monoisotopic (exact) mass is 567 g/mol. The second kappa shape index (κ2) is 10.9. The van der Waals surface area contributed by atoms with Crippen molar-refractivity contribution in [3.63, 3.8) is 0 Å². The maximum atomic E-state index is 12.8. The van der Waals surface area contributed by atoms with E-state index >= 15 is 0 Å². The average molecular weight is 568 g/mol. The standard InChI is InChI=1S/C27H22ClN3O5S2/c28-20-3-1-4-22(15-20)30-38(34,35)24-12-10-21(11-13-24)29-26(33)18-6-8-19(9-7-18)27-31(25(32)17-37-27)16-23-5-2-14-36-23/h1-15,27,30H,16-17H2,(H,29,33)/t27-/m0/s1. The first-order valence-corrected chi connectivity index (χ1v) is 14.4. The topological polar surface area (TPSA) is 109 Å². The third kappa shape index (κ3) is 5.88. The molecule has 1 aromatic heterocycles. The molecule has 4 aromatic rings. The van der Waals surface area contributed by atoms with Crippen LogP contribution in [-0.2, 0) is 21.4 Å². The van der Waals surface area contributed by atoms with E-state index in [1.165, 1.54) is 42.1 Å². The number of benzene rings is 3. The quantitative estimate of drug-likeness (QED) is 0.280. The van der Waals surface area contributed by atoms with Gasteiger partial charge in [0.1, 0.15) is 11.1 Å². The van der Waals surface area contributed by atoms with Crippen molar-refractivity contribution >= 4 is 56.6 Å². The summed E-state index contributed by atoms with van der Waals surface area (Å²) in [6.07, 6.45) is 1.58. The number of hydrogen-bond acceptors (Lipinski definition) is 6. The van der Waals surface area contributed by atoms with E-state index in [0.717, 1.165) is 5.56 Å². The Labute approximate surface area is 229 Å². The van der Waals surface area contributed by atoms with Gasteiger partial charge < -0.3 is 14.6 Å². The van der Waals surface area contributed by atoms with E-state index in [0.29, 0.717) is 40.0 Å². The van der Waals surface area contributed by atoms with Crippen molar-refractivity contribution in [1.82, 2.24) is 4.90 Å². The summed E-state index contributed by atoms with van der Waals surface area (Å²) in [4.78, 5) is 27.0. The highest BCUT2D eigenvalue weighted by Crippen LogP contribution is 2.39. The molecule has 2 heterocycles. The lowest BCUT2D eigenvalue weighted by Gasteiger charge is -2.23. The molecule has 1 fully saturated rings. The van der Waals surface area contributed by atoms with E-state index in [1.54, 1.807) is 47.6 Å². The van der Waals surface area contributed by atoms with E-state index in [2.05, 4.69) is 10.0 Å².